The molecule has 0 N–H and O–H groups in total. The number of benzene rings is 3. The van der Waals surface area contributed by atoms with Crippen LogP contribution in [0.2, 0.25) is 0 Å². The Kier molecular flexibility index (Phi) is 4.56. The predicted octanol–water partition coefficient (Wildman–Crippen LogP) is 4.84. The van der Waals surface area contributed by atoms with Crippen LogP contribution < -0.4 is 4.74 Å². The molecule has 0 aliphatic heterocycles. The molecule has 126 valence electrons. The molecule has 4 aromatic rings. The number of nitrogens with zero attached hydrogens (tertiary/aromatic N) is 3. The average Bonchev–Trinajstić information content (AvgIpc) is 3.18. The second kappa shape index (κ2) is 7.49. The molecule has 0 aliphatic rings. The molecule has 0 aliphatic carbocycles. The van der Waals surface area contributed by atoms with Gasteiger partial charge in [-0.3, -0.25) is 0 Å². The molecular formula is C22H17N3O. The minimum Gasteiger partial charge on any atom is -0.457 e. The van der Waals surface area contributed by atoms with Crippen LogP contribution in [0.1, 0.15) is 11.3 Å². The van der Waals surface area contributed by atoms with Crippen LogP contribution in [-0.4, -0.2) is 15.0 Å². The highest BCUT2D eigenvalue weighted by molar-refractivity contribution is 5.77. The molecule has 0 saturated carbocycles. The molecule has 0 saturated heterocycles. The van der Waals surface area contributed by atoms with Crippen LogP contribution in [0.25, 0.3) is 17.5 Å². The lowest BCUT2D eigenvalue weighted by Gasteiger charge is -2.11. The number of para-hydroxylation sites is 2. The summed E-state index contributed by atoms with van der Waals surface area (Å²) in [5.74, 6) is 1.51. The van der Waals surface area contributed by atoms with E-state index in [2.05, 4.69) is 10.3 Å². The van der Waals surface area contributed by atoms with Gasteiger partial charge in [0, 0.05) is 11.6 Å². The predicted molar refractivity (Wildman–Crippen MR) is 103 cm³/mol. The summed E-state index contributed by atoms with van der Waals surface area (Å²) >= 11 is 0. The Morgan fingerprint density at radius 1 is 0.769 bits per heavy atom. The third kappa shape index (κ3) is 3.54. The van der Waals surface area contributed by atoms with Crippen LogP contribution in [0, 0.1) is 0 Å². The number of rotatable bonds is 5. The van der Waals surface area contributed by atoms with E-state index in [-0.39, 0.29) is 0 Å². The van der Waals surface area contributed by atoms with E-state index >= 15 is 0 Å². The fourth-order valence-electron chi connectivity index (χ4n) is 2.64. The molecule has 1 heterocycles. The standard InChI is InChI=1S/C22H17N3O/c1-4-10-18(11-5-1)22(26-21-14-8-3-9-15-21)16-20-17-23-24-25(20)19-12-6-2-7-13-19/h1-17H/b22-16+. The molecule has 26 heavy (non-hydrogen) atoms. The fourth-order valence-corrected chi connectivity index (χ4v) is 2.64. The fraction of sp³-hybridized carbons (Fsp3) is 0. The summed E-state index contributed by atoms with van der Waals surface area (Å²) in [5, 5.41) is 8.27. The van der Waals surface area contributed by atoms with Gasteiger partial charge in [0.1, 0.15) is 11.5 Å². The van der Waals surface area contributed by atoms with Crippen molar-refractivity contribution in [2.45, 2.75) is 0 Å². The summed E-state index contributed by atoms with van der Waals surface area (Å²) in [5.41, 5.74) is 2.77. The van der Waals surface area contributed by atoms with Gasteiger partial charge in [0.25, 0.3) is 0 Å². The second-order valence-electron chi connectivity index (χ2n) is 5.70. The van der Waals surface area contributed by atoms with Gasteiger partial charge in [0.15, 0.2) is 0 Å². The highest BCUT2D eigenvalue weighted by Crippen LogP contribution is 2.23. The molecule has 0 radical (unpaired) electrons. The lowest BCUT2D eigenvalue weighted by molar-refractivity contribution is 0.518. The maximum absolute atomic E-state index is 6.16. The van der Waals surface area contributed by atoms with Gasteiger partial charge in [-0.1, -0.05) is 71.9 Å². The van der Waals surface area contributed by atoms with Crippen LogP contribution in [0.15, 0.2) is 97.2 Å². The van der Waals surface area contributed by atoms with Crippen LogP contribution in [-0.2, 0) is 0 Å². The van der Waals surface area contributed by atoms with E-state index in [4.69, 9.17) is 4.74 Å². The van der Waals surface area contributed by atoms with Crippen LogP contribution in [0.4, 0.5) is 0 Å². The molecule has 0 bridgehead atoms. The molecule has 0 amide bonds. The lowest BCUT2D eigenvalue weighted by Crippen LogP contribution is -2.01. The maximum atomic E-state index is 6.16. The van der Waals surface area contributed by atoms with Crippen LogP contribution in [0.5, 0.6) is 5.75 Å². The zero-order valence-corrected chi connectivity index (χ0v) is 14.1. The monoisotopic (exact) mass is 339 g/mol. The number of hydrogen-bond acceptors (Lipinski definition) is 3. The number of aromatic nitrogens is 3. The van der Waals surface area contributed by atoms with Crippen LogP contribution >= 0.6 is 0 Å². The Bertz CT molecular complexity index is 993. The third-order valence-corrected chi connectivity index (χ3v) is 3.88. The summed E-state index contributed by atoms with van der Waals surface area (Å²) in [6.07, 6.45) is 3.68. The van der Waals surface area contributed by atoms with E-state index in [0.29, 0.717) is 0 Å². The summed E-state index contributed by atoms with van der Waals surface area (Å²) < 4.78 is 7.95. The van der Waals surface area contributed by atoms with Crippen molar-refractivity contribution in [3.63, 3.8) is 0 Å². The Balaban J connectivity index is 1.76. The van der Waals surface area contributed by atoms with E-state index in [9.17, 15) is 0 Å². The van der Waals surface area contributed by atoms with Crippen molar-refractivity contribution in [1.82, 2.24) is 15.0 Å². The normalized spacial score (nSPS) is 11.3. The van der Waals surface area contributed by atoms with Crippen molar-refractivity contribution in [2.75, 3.05) is 0 Å². The highest BCUT2D eigenvalue weighted by atomic mass is 16.5. The van der Waals surface area contributed by atoms with Crippen molar-refractivity contribution < 1.29 is 4.74 Å². The van der Waals surface area contributed by atoms with Crippen LogP contribution in [0.3, 0.4) is 0 Å². The van der Waals surface area contributed by atoms with Gasteiger partial charge in [0.2, 0.25) is 0 Å². The van der Waals surface area contributed by atoms with E-state index in [0.717, 1.165) is 28.5 Å². The summed E-state index contributed by atoms with van der Waals surface area (Å²) in [4.78, 5) is 0. The number of ether oxygens (including phenoxy) is 1. The maximum Gasteiger partial charge on any atom is 0.136 e. The largest absolute Gasteiger partial charge is 0.457 e. The van der Waals surface area contributed by atoms with Gasteiger partial charge in [-0.25, -0.2) is 4.68 Å². The van der Waals surface area contributed by atoms with Gasteiger partial charge in [-0.05, 0) is 24.3 Å². The Morgan fingerprint density at radius 3 is 2.08 bits per heavy atom. The Morgan fingerprint density at radius 2 is 1.38 bits per heavy atom. The first-order valence-corrected chi connectivity index (χ1v) is 8.36. The van der Waals surface area contributed by atoms with E-state index in [1.54, 1.807) is 10.9 Å². The Hall–Kier alpha value is -3.66. The molecule has 0 spiro atoms. The van der Waals surface area contributed by atoms with E-state index < -0.39 is 0 Å². The number of hydrogen-bond donors (Lipinski definition) is 0. The quantitative estimate of drug-likeness (QED) is 0.488. The summed E-state index contributed by atoms with van der Waals surface area (Å²) in [6, 6.07) is 29.7. The summed E-state index contributed by atoms with van der Waals surface area (Å²) in [7, 11) is 0. The Labute approximate surface area is 152 Å². The first-order chi connectivity index (χ1) is 12.9. The minimum absolute atomic E-state index is 0.733. The van der Waals surface area contributed by atoms with Gasteiger partial charge >= 0.3 is 0 Å². The SMILES string of the molecule is C(=C(\Oc1ccccc1)c1ccccc1)/c1cnnn1-c1ccccc1. The summed E-state index contributed by atoms with van der Waals surface area (Å²) in [6.45, 7) is 0. The van der Waals surface area contributed by atoms with Crippen molar-refractivity contribution in [3.8, 4) is 11.4 Å². The molecule has 0 atom stereocenters. The zero-order chi connectivity index (χ0) is 17.6. The molecule has 0 fully saturated rings. The van der Waals surface area contributed by atoms with Crippen molar-refractivity contribution in [2.24, 2.45) is 0 Å². The van der Waals surface area contributed by atoms with Gasteiger partial charge in [0.05, 0.1) is 17.6 Å². The molecular weight excluding hydrogens is 322 g/mol. The van der Waals surface area contributed by atoms with Gasteiger partial charge in [-0.2, -0.15) is 0 Å². The lowest BCUT2D eigenvalue weighted by atomic mass is 10.1. The molecule has 0 unspecified atom stereocenters. The van der Waals surface area contributed by atoms with E-state index in [1.807, 2.05) is 97.1 Å². The molecule has 4 nitrogen and oxygen atoms in total. The highest BCUT2D eigenvalue weighted by Gasteiger charge is 2.09. The second-order valence-corrected chi connectivity index (χ2v) is 5.70. The van der Waals surface area contributed by atoms with E-state index in [1.165, 1.54) is 0 Å². The first kappa shape index (κ1) is 15.8. The minimum atomic E-state index is 0.733. The van der Waals surface area contributed by atoms with Crippen molar-refractivity contribution >= 4 is 11.8 Å². The van der Waals surface area contributed by atoms with Crippen molar-refractivity contribution in [3.05, 3.63) is 108 Å². The average molecular weight is 339 g/mol. The smallest absolute Gasteiger partial charge is 0.136 e. The molecule has 1 aromatic heterocycles. The topological polar surface area (TPSA) is 39.9 Å². The molecule has 4 heteroatoms. The van der Waals surface area contributed by atoms with Gasteiger partial charge < -0.3 is 4.74 Å². The zero-order valence-electron chi connectivity index (χ0n) is 14.1. The van der Waals surface area contributed by atoms with Crippen molar-refractivity contribution in [1.29, 1.82) is 0 Å². The van der Waals surface area contributed by atoms with Gasteiger partial charge in [-0.15, -0.1) is 5.10 Å². The molecule has 3 aromatic carbocycles. The molecule has 4 rings (SSSR count). The third-order valence-electron chi connectivity index (χ3n) is 3.88. The first-order valence-electron chi connectivity index (χ1n) is 8.36.